The second-order valence-electron chi connectivity index (χ2n) is 5.95. The van der Waals surface area contributed by atoms with Crippen molar-refractivity contribution in [3.05, 3.63) is 35.9 Å². The SMILES string of the molecule is CCOC1(c2ccccc2)C(C)CCC[Si]1(OCC)OCC. The van der Waals surface area contributed by atoms with Crippen molar-refractivity contribution in [3.8, 4) is 0 Å². The van der Waals surface area contributed by atoms with Gasteiger partial charge in [-0.1, -0.05) is 43.7 Å². The lowest BCUT2D eigenvalue weighted by Crippen LogP contribution is -2.67. The second-order valence-corrected chi connectivity index (χ2v) is 9.27. The molecule has 1 heterocycles. The molecule has 2 unspecified atom stereocenters. The largest absolute Gasteiger partial charge is 0.393 e. The molecule has 1 aliphatic heterocycles. The van der Waals surface area contributed by atoms with Crippen molar-refractivity contribution < 1.29 is 13.6 Å². The van der Waals surface area contributed by atoms with Gasteiger partial charge in [-0.25, -0.2) is 0 Å². The summed E-state index contributed by atoms with van der Waals surface area (Å²) in [6.07, 6.45) is 2.32. The molecular weight excluding hydrogens is 292 g/mol. The van der Waals surface area contributed by atoms with Crippen molar-refractivity contribution in [3.63, 3.8) is 0 Å². The lowest BCUT2D eigenvalue weighted by atomic mass is 9.91. The molecule has 1 saturated heterocycles. The Morgan fingerprint density at radius 1 is 1.05 bits per heavy atom. The van der Waals surface area contributed by atoms with E-state index in [9.17, 15) is 0 Å². The van der Waals surface area contributed by atoms with E-state index >= 15 is 0 Å². The van der Waals surface area contributed by atoms with Crippen molar-refractivity contribution in [2.24, 2.45) is 5.92 Å². The Bertz CT molecular complexity index is 439. The summed E-state index contributed by atoms with van der Waals surface area (Å²) in [4.78, 5) is 0. The highest BCUT2D eigenvalue weighted by atomic mass is 28.4. The van der Waals surface area contributed by atoms with Crippen LogP contribution in [0.5, 0.6) is 0 Å². The van der Waals surface area contributed by atoms with E-state index in [0.717, 1.165) is 18.9 Å². The average molecular weight is 323 g/mol. The fourth-order valence-corrected chi connectivity index (χ4v) is 8.67. The summed E-state index contributed by atoms with van der Waals surface area (Å²) >= 11 is 0. The Morgan fingerprint density at radius 3 is 2.23 bits per heavy atom. The van der Waals surface area contributed by atoms with Crippen LogP contribution in [0.3, 0.4) is 0 Å². The van der Waals surface area contributed by atoms with Gasteiger partial charge in [-0.05, 0) is 44.7 Å². The maximum atomic E-state index is 6.50. The first kappa shape index (κ1) is 17.7. The van der Waals surface area contributed by atoms with Crippen LogP contribution in [-0.4, -0.2) is 28.4 Å². The molecule has 0 bridgehead atoms. The second kappa shape index (κ2) is 7.73. The first-order valence-corrected chi connectivity index (χ1v) is 10.7. The summed E-state index contributed by atoms with van der Waals surface area (Å²) in [5.74, 6) is 0.397. The van der Waals surface area contributed by atoms with E-state index in [4.69, 9.17) is 13.6 Å². The van der Waals surface area contributed by atoms with E-state index in [1.807, 2.05) is 0 Å². The van der Waals surface area contributed by atoms with Crippen LogP contribution in [0.1, 0.15) is 46.1 Å². The molecule has 0 spiro atoms. The molecule has 0 aliphatic carbocycles. The van der Waals surface area contributed by atoms with Gasteiger partial charge >= 0.3 is 8.56 Å². The number of hydrogen-bond acceptors (Lipinski definition) is 3. The maximum absolute atomic E-state index is 6.50. The van der Waals surface area contributed by atoms with Crippen LogP contribution in [0, 0.1) is 5.92 Å². The molecule has 1 fully saturated rings. The van der Waals surface area contributed by atoms with Crippen molar-refractivity contribution in [2.75, 3.05) is 19.8 Å². The van der Waals surface area contributed by atoms with Gasteiger partial charge in [0.25, 0.3) is 0 Å². The standard InChI is InChI=1S/C18H30O3Si/c1-5-19-18(17-13-9-8-10-14-17)16(4)12-11-15-22(18,20-6-2)21-7-3/h8-10,13-14,16H,5-7,11-12,15H2,1-4H3. The zero-order valence-corrected chi connectivity index (χ0v) is 15.4. The van der Waals surface area contributed by atoms with Crippen LogP contribution < -0.4 is 0 Å². The minimum Gasteiger partial charge on any atom is -0.393 e. The Hall–Kier alpha value is -0.683. The molecule has 2 rings (SSSR count). The van der Waals surface area contributed by atoms with Crippen LogP contribution in [0.4, 0.5) is 0 Å². The Kier molecular flexibility index (Phi) is 6.21. The van der Waals surface area contributed by atoms with Gasteiger partial charge in [-0.15, -0.1) is 0 Å². The molecule has 22 heavy (non-hydrogen) atoms. The summed E-state index contributed by atoms with van der Waals surface area (Å²) < 4.78 is 19.3. The fourth-order valence-electron chi connectivity index (χ4n) is 4.03. The third-order valence-corrected chi connectivity index (χ3v) is 9.31. The molecule has 1 aromatic carbocycles. The molecule has 0 amide bonds. The van der Waals surface area contributed by atoms with Gasteiger partial charge in [0.05, 0.1) is 0 Å². The van der Waals surface area contributed by atoms with Crippen LogP contribution in [0.25, 0.3) is 0 Å². The van der Waals surface area contributed by atoms with Gasteiger partial charge in [-0.3, -0.25) is 0 Å². The predicted molar refractivity (Wildman–Crippen MR) is 92.0 cm³/mol. The quantitative estimate of drug-likeness (QED) is 0.696. The zero-order valence-electron chi connectivity index (χ0n) is 14.4. The van der Waals surface area contributed by atoms with Gasteiger partial charge in [-0.2, -0.15) is 0 Å². The molecule has 0 saturated carbocycles. The zero-order chi connectivity index (χ0) is 16.1. The van der Waals surface area contributed by atoms with Crippen molar-refractivity contribution in [1.29, 1.82) is 0 Å². The van der Waals surface area contributed by atoms with E-state index in [1.54, 1.807) is 0 Å². The maximum Gasteiger partial charge on any atom is 0.376 e. The molecule has 3 nitrogen and oxygen atoms in total. The fraction of sp³-hybridized carbons (Fsp3) is 0.667. The molecule has 1 aromatic rings. The van der Waals surface area contributed by atoms with Gasteiger partial charge < -0.3 is 13.6 Å². The predicted octanol–water partition coefficient (Wildman–Crippen LogP) is 4.40. The molecule has 0 aromatic heterocycles. The van der Waals surface area contributed by atoms with Gasteiger partial charge in [0, 0.05) is 19.8 Å². The lowest BCUT2D eigenvalue weighted by molar-refractivity contribution is -0.0751. The van der Waals surface area contributed by atoms with Crippen LogP contribution >= 0.6 is 0 Å². The summed E-state index contributed by atoms with van der Waals surface area (Å²) in [5.41, 5.74) is 1.22. The molecule has 2 atom stereocenters. The van der Waals surface area contributed by atoms with E-state index in [2.05, 4.69) is 58.0 Å². The summed E-state index contributed by atoms with van der Waals surface area (Å²) in [6.45, 7) is 10.5. The number of rotatable bonds is 7. The molecule has 124 valence electrons. The van der Waals surface area contributed by atoms with Crippen LogP contribution in [0.2, 0.25) is 6.04 Å². The third kappa shape index (κ3) is 2.89. The van der Waals surface area contributed by atoms with Crippen molar-refractivity contribution >= 4 is 8.56 Å². The van der Waals surface area contributed by atoms with Gasteiger partial charge in [0.15, 0.2) is 0 Å². The Balaban J connectivity index is 2.60. The van der Waals surface area contributed by atoms with Crippen LogP contribution in [-0.2, 0) is 18.8 Å². The minimum absolute atomic E-state index is 0.397. The van der Waals surface area contributed by atoms with Crippen molar-refractivity contribution in [2.45, 2.75) is 51.8 Å². The van der Waals surface area contributed by atoms with Crippen molar-refractivity contribution in [1.82, 2.24) is 0 Å². The first-order valence-electron chi connectivity index (χ1n) is 8.64. The molecule has 4 heteroatoms. The number of ether oxygens (including phenoxy) is 1. The van der Waals surface area contributed by atoms with Crippen LogP contribution in [0.15, 0.2) is 30.3 Å². The summed E-state index contributed by atoms with van der Waals surface area (Å²) in [6, 6.07) is 11.6. The minimum atomic E-state index is -2.51. The summed E-state index contributed by atoms with van der Waals surface area (Å²) in [5, 5.41) is -0.409. The van der Waals surface area contributed by atoms with E-state index in [-0.39, 0.29) is 0 Å². The van der Waals surface area contributed by atoms with Gasteiger partial charge in [0.2, 0.25) is 0 Å². The van der Waals surface area contributed by atoms with Gasteiger partial charge in [0.1, 0.15) is 5.22 Å². The number of benzene rings is 1. The normalized spacial score (nSPS) is 27.7. The Morgan fingerprint density at radius 2 is 1.68 bits per heavy atom. The highest BCUT2D eigenvalue weighted by Crippen LogP contribution is 2.50. The summed E-state index contributed by atoms with van der Waals surface area (Å²) in [7, 11) is -2.51. The average Bonchev–Trinajstić information content (AvgIpc) is 2.52. The highest BCUT2D eigenvalue weighted by molar-refractivity contribution is 6.70. The number of hydrogen-bond donors (Lipinski definition) is 0. The monoisotopic (exact) mass is 322 g/mol. The van der Waals surface area contributed by atoms with E-state index in [1.165, 1.54) is 5.56 Å². The highest BCUT2D eigenvalue weighted by Gasteiger charge is 2.64. The van der Waals surface area contributed by atoms with E-state index < -0.39 is 13.8 Å². The molecule has 0 radical (unpaired) electrons. The topological polar surface area (TPSA) is 27.7 Å². The smallest absolute Gasteiger partial charge is 0.376 e. The molecular formula is C18H30O3Si. The molecule has 0 N–H and O–H groups in total. The first-order chi connectivity index (χ1) is 10.7. The third-order valence-electron chi connectivity index (χ3n) is 4.73. The Labute approximate surface area is 136 Å². The molecule has 1 aliphatic rings. The van der Waals surface area contributed by atoms with E-state index in [0.29, 0.717) is 25.7 Å². The lowest BCUT2D eigenvalue weighted by Gasteiger charge is -2.53.